The maximum atomic E-state index is 5.65. The SMILES string of the molecule is C[C@H]1COCCN1c1ccc(N)cc1. The molecule has 3 nitrogen and oxygen atoms in total. The lowest BCUT2D eigenvalue weighted by Gasteiger charge is -2.35. The number of hydrogen-bond donors (Lipinski definition) is 1. The minimum Gasteiger partial charge on any atom is -0.399 e. The van der Waals surface area contributed by atoms with Crippen LogP contribution in [0.25, 0.3) is 0 Å². The second-order valence-electron chi connectivity index (χ2n) is 3.71. The lowest BCUT2D eigenvalue weighted by atomic mass is 10.2. The molecular formula is C11H16N2O. The van der Waals surface area contributed by atoms with Crippen molar-refractivity contribution in [1.29, 1.82) is 0 Å². The maximum Gasteiger partial charge on any atom is 0.0668 e. The summed E-state index contributed by atoms with van der Waals surface area (Å²) in [7, 11) is 0. The van der Waals surface area contributed by atoms with Gasteiger partial charge in [-0.3, -0.25) is 0 Å². The van der Waals surface area contributed by atoms with Crippen LogP contribution in [0.3, 0.4) is 0 Å². The van der Waals surface area contributed by atoms with E-state index in [1.807, 2.05) is 12.1 Å². The van der Waals surface area contributed by atoms with Crippen LogP contribution < -0.4 is 10.6 Å². The van der Waals surface area contributed by atoms with E-state index < -0.39 is 0 Å². The largest absolute Gasteiger partial charge is 0.399 e. The van der Waals surface area contributed by atoms with E-state index in [4.69, 9.17) is 10.5 Å². The molecule has 2 N–H and O–H groups in total. The molecule has 0 aliphatic carbocycles. The Morgan fingerprint density at radius 2 is 2.07 bits per heavy atom. The number of nitrogen functional groups attached to an aromatic ring is 1. The lowest BCUT2D eigenvalue weighted by Crippen LogP contribution is -2.43. The monoisotopic (exact) mass is 192 g/mol. The zero-order valence-electron chi connectivity index (χ0n) is 8.44. The predicted octanol–water partition coefficient (Wildman–Crippen LogP) is 1.49. The molecule has 0 bridgehead atoms. The highest BCUT2D eigenvalue weighted by Crippen LogP contribution is 2.20. The van der Waals surface area contributed by atoms with Crippen LogP contribution in [0.15, 0.2) is 24.3 Å². The number of morpholine rings is 1. The van der Waals surface area contributed by atoms with Gasteiger partial charge in [-0.15, -0.1) is 0 Å². The molecule has 1 heterocycles. The summed E-state index contributed by atoms with van der Waals surface area (Å²) in [6.07, 6.45) is 0. The van der Waals surface area contributed by atoms with Gasteiger partial charge >= 0.3 is 0 Å². The van der Waals surface area contributed by atoms with Crippen molar-refractivity contribution in [3.63, 3.8) is 0 Å². The standard InChI is InChI=1S/C11H16N2O/c1-9-8-14-7-6-13(9)11-4-2-10(12)3-5-11/h2-5,9H,6-8,12H2,1H3/t9-/m0/s1. The Kier molecular flexibility index (Phi) is 2.59. The van der Waals surface area contributed by atoms with E-state index in [-0.39, 0.29) is 0 Å². The molecule has 1 aromatic carbocycles. The molecular weight excluding hydrogens is 176 g/mol. The predicted molar refractivity (Wildman–Crippen MR) is 58.5 cm³/mol. The van der Waals surface area contributed by atoms with Crippen molar-refractivity contribution in [2.24, 2.45) is 0 Å². The molecule has 1 saturated heterocycles. The molecule has 0 aromatic heterocycles. The van der Waals surface area contributed by atoms with E-state index in [0.29, 0.717) is 6.04 Å². The van der Waals surface area contributed by atoms with Crippen LogP contribution in [-0.2, 0) is 4.74 Å². The quantitative estimate of drug-likeness (QED) is 0.685. The first-order valence-electron chi connectivity index (χ1n) is 4.97. The number of nitrogens with zero attached hydrogens (tertiary/aromatic N) is 1. The van der Waals surface area contributed by atoms with Crippen LogP contribution in [0.2, 0.25) is 0 Å². The molecule has 0 radical (unpaired) electrons. The molecule has 0 amide bonds. The van der Waals surface area contributed by atoms with Crippen LogP contribution in [0.4, 0.5) is 11.4 Å². The molecule has 2 rings (SSSR count). The van der Waals surface area contributed by atoms with Gasteiger partial charge in [-0.1, -0.05) is 0 Å². The summed E-state index contributed by atoms with van der Waals surface area (Å²) in [6.45, 7) is 4.76. The third-order valence-corrected chi connectivity index (χ3v) is 2.59. The summed E-state index contributed by atoms with van der Waals surface area (Å²) in [5, 5.41) is 0. The minimum absolute atomic E-state index is 0.451. The molecule has 0 spiro atoms. The fourth-order valence-corrected chi connectivity index (χ4v) is 1.78. The summed E-state index contributed by atoms with van der Waals surface area (Å²) in [6, 6.07) is 8.47. The number of hydrogen-bond acceptors (Lipinski definition) is 3. The van der Waals surface area contributed by atoms with Crippen LogP contribution in [0.1, 0.15) is 6.92 Å². The highest BCUT2D eigenvalue weighted by Gasteiger charge is 2.18. The van der Waals surface area contributed by atoms with Gasteiger partial charge < -0.3 is 15.4 Å². The van der Waals surface area contributed by atoms with Crippen molar-refractivity contribution in [3.05, 3.63) is 24.3 Å². The van der Waals surface area contributed by atoms with Crippen molar-refractivity contribution in [1.82, 2.24) is 0 Å². The van der Waals surface area contributed by atoms with Gasteiger partial charge in [0.2, 0.25) is 0 Å². The normalized spacial score (nSPS) is 22.4. The first-order valence-corrected chi connectivity index (χ1v) is 4.97. The lowest BCUT2D eigenvalue weighted by molar-refractivity contribution is 0.0989. The Morgan fingerprint density at radius 1 is 1.36 bits per heavy atom. The van der Waals surface area contributed by atoms with Gasteiger partial charge in [0, 0.05) is 24.0 Å². The molecule has 1 fully saturated rings. The number of ether oxygens (including phenoxy) is 1. The molecule has 0 saturated carbocycles. The molecule has 1 atom stereocenters. The molecule has 3 heteroatoms. The summed E-state index contributed by atoms with van der Waals surface area (Å²) < 4.78 is 5.39. The van der Waals surface area contributed by atoms with Crippen LogP contribution in [-0.4, -0.2) is 25.8 Å². The van der Waals surface area contributed by atoms with Crippen molar-refractivity contribution in [2.75, 3.05) is 30.4 Å². The van der Waals surface area contributed by atoms with Gasteiger partial charge in [0.25, 0.3) is 0 Å². The van der Waals surface area contributed by atoms with Crippen LogP contribution in [0.5, 0.6) is 0 Å². The second-order valence-corrected chi connectivity index (χ2v) is 3.71. The highest BCUT2D eigenvalue weighted by molar-refractivity contribution is 5.53. The summed E-state index contributed by atoms with van der Waals surface area (Å²) >= 11 is 0. The third kappa shape index (κ3) is 1.82. The Morgan fingerprint density at radius 3 is 2.71 bits per heavy atom. The van der Waals surface area contributed by atoms with E-state index >= 15 is 0 Å². The topological polar surface area (TPSA) is 38.5 Å². The first kappa shape index (κ1) is 9.34. The fourth-order valence-electron chi connectivity index (χ4n) is 1.78. The molecule has 1 aliphatic heterocycles. The Balaban J connectivity index is 2.16. The maximum absolute atomic E-state index is 5.65. The van der Waals surface area contributed by atoms with Crippen molar-refractivity contribution in [3.8, 4) is 0 Å². The Labute approximate surface area is 84.5 Å². The Hall–Kier alpha value is -1.22. The molecule has 0 unspecified atom stereocenters. The number of anilines is 2. The highest BCUT2D eigenvalue weighted by atomic mass is 16.5. The van der Waals surface area contributed by atoms with Gasteiger partial charge in [-0.05, 0) is 31.2 Å². The van der Waals surface area contributed by atoms with E-state index in [2.05, 4.69) is 24.0 Å². The molecule has 76 valence electrons. The zero-order chi connectivity index (χ0) is 9.97. The van der Waals surface area contributed by atoms with Crippen LogP contribution >= 0.6 is 0 Å². The second kappa shape index (κ2) is 3.88. The molecule has 1 aromatic rings. The van der Waals surface area contributed by atoms with Gasteiger partial charge in [0.1, 0.15) is 0 Å². The summed E-state index contributed by atoms with van der Waals surface area (Å²) in [5.74, 6) is 0. The summed E-state index contributed by atoms with van der Waals surface area (Å²) in [5.41, 5.74) is 7.69. The fraction of sp³-hybridized carbons (Fsp3) is 0.455. The Bertz CT molecular complexity index is 297. The van der Waals surface area contributed by atoms with E-state index in [9.17, 15) is 0 Å². The van der Waals surface area contributed by atoms with Crippen molar-refractivity contribution < 1.29 is 4.74 Å². The van der Waals surface area contributed by atoms with Gasteiger partial charge in [0.15, 0.2) is 0 Å². The van der Waals surface area contributed by atoms with E-state index in [1.54, 1.807) is 0 Å². The van der Waals surface area contributed by atoms with Crippen LogP contribution in [0, 0.1) is 0 Å². The van der Waals surface area contributed by atoms with E-state index in [1.165, 1.54) is 5.69 Å². The minimum atomic E-state index is 0.451. The average Bonchev–Trinajstić information content (AvgIpc) is 2.20. The van der Waals surface area contributed by atoms with Crippen molar-refractivity contribution >= 4 is 11.4 Å². The van der Waals surface area contributed by atoms with Gasteiger partial charge in [0.05, 0.1) is 13.2 Å². The summed E-state index contributed by atoms with van der Waals surface area (Å²) in [4.78, 5) is 2.35. The number of nitrogens with two attached hydrogens (primary N) is 1. The smallest absolute Gasteiger partial charge is 0.0668 e. The molecule has 14 heavy (non-hydrogen) atoms. The zero-order valence-corrected chi connectivity index (χ0v) is 8.44. The molecule has 1 aliphatic rings. The third-order valence-electron chi connectivity index (χ3n) is 2.59. The van der Waals surface area contributed by atoms with Gasteiger partial charge in [-0.2, -0.15) is 0 Å². The first-order chi connectivity index (χ1) is 6.77. The van der Waals surface area contributed by atoms with Gasteiger partial charge in [-0.25, -0.2) is 0 Å². The number of rotatable bonds is 1. The van der Waals surface area contributed by atoms with Crippen molar-refractivity contribution in [2.45, 2.75) is 13.0 Å². The average molecular weight is 192 g/mol. The number of benzene rings is 1. The van der Waals surface area contributed by atoms with E-state index in [0.717, 1.165) is 25.4 Å².